The molecule has 27 heavy (non-hydrogen) atoms. The number of para-hydroxylation sites is 2. The SMILES string of the molecule is Nc1cc(Nc2ccccc2O)cc(C(=O)NC2Cc3ccccc3C2)n1. The third-order valence-electron chi connectivity index (χ3n) is 4.65. The lowest BCUT2D eigenvalue weighted by atomic mass is 10.1. The second-order valence-electron chi connectivity index (χ2n) is 6.66. The molecule has 0 saturated carbocycles. The summed E-state index contributed by atoms with van der Waals surface area (Å²) in [6.45, 7) is 0. The number of nitrogen functional groups attached to an aromatic ring is 1. The third-order valence-corrected chi connectivity index (χ3v) is 4.65. The van der Waals surface area contributed by atoms with Crippen LogP contribution in [0.1, 0.15) is 21.6 Å². The maximum absolute atomic E-state index is 12.7. The molecule has 0 saturated heterocycles. The lowest BCUT2D eigenvalue weighted by molar-refractivity contribution is 0.0933. The normalized spacial score (nSPS) is 13.2. The van der Waals surface area contributed by atoms with Crippen molar-refractivity contribution in [3.8, 4) is 5.75 Å². The van der Waals surface area contributed by atoms with Crippen LogP contribution in [0.5, 0.6) is 5.75 Å². The molecule has 1 amide bonds. The average Bonchev–Trinajstić information content (AvgIpc) is 3.05. The maximum Gasteiger partial charge on any atom is 0.270 e. The highest BCUT2D eigenvalue weighted by molar-refractivity contribution is 5.94. The molecule has 0 bridgehead atoms. The van der Waals surface area contributed by atoms with Crippen molar-refractivity contribution in [3.05, 3.63) is 77.5 Å². The summed E-state index contributed by atoms with van der Waals surface area (Å²) in [6.07, 6.45) is 1.63. The topological polar surface area (TPSA) is 100 Å². The van der Waals surface area contributed by atoms with E-state index in [1.165, 1.54) is 11.1 Å². The van der Waals surface area contributed by atoms with E-state index in [1.54, 1.807) is 36.4 Å². The summed E-state index contributed by atoms with van der Waals surface area (Å²) in [5.41, 5.74) is 9.76. The van der Waals surface area contributed by atoms with Gasteiger partial charge < -0.3 is 21.5 Å². The van der Waals surface area contributed by atoms with Crippen molar-refractivity contribution in [3.63, 3.8) is 0 Å². The Morgan fingerprint density at radius 1 is 1.04 bits per heavy atom. The number of anilines is 3. The quantitative estimate of drug-likeness (QED) is 0.536. The molecule has 0 unspecified atom stereocenters. The summed E-state index contributed by atoms with van der Waals surface area (Å²) in [6, 6.07) is 18.4. The fourth-order valence-electron chi connectivity index (χ4n) is 3.40. The van der Waals surface area contributed by atoms with Crippen LogP contribution in [0.2, 0.25) is 0 Å². The number of hydrogen-bond acceptors (Lipinski definition) is 5. The van der Waals surface area contributed by atoms with E-state index in [0.717, 1.165) is 12.8 Å². The third kappa shape index (κ3) is 3.69. The number of phenols is 1. The number of aromatic nitrogens is 1. The lowest BCUT2D eigenvalue weighted by Crippen LogP contribution is -2.35. The van der Waals surface area contributed by atoms with Crippen molar-refractivity contribution in [1.82, 2.24) is 10.3 Å². The van der Waals surface area contributed by atoms with Gasteiger partial charge in [-0.15, -0.1) is 0 Å². The van der Waals surface area contributed by atoms with E-state index in [9.17, 15) is 9.90 Å². The first-order valence-corrected chi connectivity index (χ1v) is 8.79. The number of carbonyl (C=O) groups excluding carboxylic acids is 1. The zero-order chi connectivity index (χ0) is 18.8. The van der Waals surface area contributed by atoms with E-state index < -0.39 is 0 Å². The second-order valence-corrected chi connectivity index (χ2v) is 6.66. The lowest BCUT2D eigenvalue weighted by Gasteiger charge is -2.14. The van der Waals surface area contributed by atoms with Gasteiger partial charge in [-0.3, -0.25) is 4.79 Å². The zero-order valence-corrected chi connectivity index (χ0v) is 14.6. The van der Waals surface area contributed by atoms with Crippen LogP contribution >= 0.6 is 0 Å². The number of phenolic OH excluding ortho intramolecular Hbond substituents is 1. The molecule has 0 aliphatic heterocycles. The molecule has 1 aliphatic rings. The van der Waals surface area contributed by atoms with Gasteiger partial charge in [-0.05, 0) is 42.2 Å². The van der Waals surface area contributed by atoms with Crippen LogP contribution in [0.3, 0.4) is 0 Å². The summed E-state index contributed by atoms with van der Waals surface area (Å²) in [4.78, 5) is 16.8. The van der Waals surface area contributed by atoms with Crippen molar-refractivity contribution in [2.24, 2.45) is 0 Å². The summed E-state index contributed by atoms with van der Waals surface area (Å²) in [5, 5.41) is 16.0. The molecule has 3 aromatic rings. The molecule has 0 fully saturated rings. The van der Waals surface area contributed by atoms with Gasteiger partial charge in [-0.2, -0.15) is 0 Å². The number of aromatic hydroxyl groups is 1. The van der Waals surface area contributed by atoms with Gasteiger partial charge in [-0.1, -0.05) is 36.4 Å². The molecule has 4 rings (SSSR count). The number of rotatable bonds is 4. The van der Waals surface area contributed by atoms with E-state index in [4.69, 9.17) is 5.73 Å². The minimum atomic E-state index is -0.263. The first-order valence-electron chi connectivity index (χ1n) is 8.79. The van der Waals surface area contributed by atoms with Crippen LogP contribution in [-0.4, -0.2) is 22.0 Å². The first-order chi connectivity index (χ1) is 13.1. The molecule has 1 heterocycles. The predicted molar refractivity (Wildman–Crippen MR) is 105 cm³/mol. The number of fused-ring (bicyclic) bond motifs is 1. The number of nitrogens with zero attached hydrogens (tertiary/aromatic N) is 1. The fourth-order valence-corrected chi connectivity index (χ4v) is 3.40. The highest BCUT2D eigenvalue weighted by atomic mass is 16.3. The number of pyridine rings is 1. The molecule has 0 spiro atoms. The molecule has 0 atom stereocenters. The molecular weight excluding hydrogens is 340 g/mol. The van der Waals surface area contributed by atoms with Crippen molar-refractivity contribution in [2.75, 3.05) is 11.1 Å². The Bertz CT molecular complexity index is 978. The number of nitrogens with one attached hydrogen (secondary N) is 2. The van der Waals surface area contributed by atoms with Crippen molar-refractivity contribution in [2.45, 2.75) is 18.9 Å². The van der Waals surface area contributed by atoms with Crippen LogP contribution < -0.4 is 16.4 Å². The van der Waals surface area contributed by atoms with Gasteiger partial charge in [0.2, 0.25) is 0 Å². The molecular formula is C21H20N4O2. The number of hydrogen-bond donors (Lipinski definition) is 4. The smallest absolute Gasteiger partial charge is 0.270 e. The minimum absolute atomic E-state index is 0.0488. The summed E-state index contributed by atoms with van der Waals surface area (Å²) >= 11 is 0. The Morgan fingerprint density at radius 2 is 1.70 bits per heavy atom. The molecule has 1 aliphatic carbocycles. The number of carbonyl (C=O) groups is 1. The van der Waals surface area contributed by atoms with Gasteiger partial charge in [0.15, 0.2) is 0 Å². The van der Waals surface area contributed by atoms with Gasteiger partial charge >= 0.3 is 0 Å². The second kappa shape index (κ2) is 6.99. The standard InChI is InChI=1S/C21H20N4O2/c22-20-12-16(23-17-7-3-4-8-19(17)26)11-18(25-20)21(27)24-15-9-13-5-1-2-6-14(13)10-15/h1-8,11-12,15,26H,9-10H2,(H,24,27)(H3,22,23,25). The summed E-state index contributed by atoms with van der Waals surface area (Å²) < 4.78 is 0. The molecule has 1 aromatic heterocycles. The van der Waals surface area contributed by atoms with E-state index >= 15 is 0 Å². The monoisotopic (exact) mass is 360 g/mol. The molecule has 0 radical (unpaired) electrons. The summed E-state index contributed by atoms with van der Waals surface area (Å²) in [7, 11) is 0. The van der Waals surface area contributed by atoms with Crippen molar-refractivity contribution in [1.29, 1.82) is 0 Å². The Hall–Kier alpha value is -3.54. The van der Waals surface area contributed by atoms with E-state index in [1.807, 2.05) is 12.1 Å². The van der Waals surface area contributed by atoms with Crippen LogP contribution in [0.15, 0.2) is 60.7 Å². The van der Waals surface area contributed by atoms with E-state index in [2.05, 4.69) is 27.8 Å². The molecule has 5 N–H and O–H groups in total. The van der Waals surface area contributed by atoms with Gasteiger partial charge in [-0.25, -0.2) is 4.98 Å². The van der Waals surface area contributed by atoms with Crippen LogP contribution in [0, 0.1) is 0 Å². The van der Waals surface area contributed by atoms with Gasteiger partial charge in [0, 0.05) is 17.8 Å². The van der Waals surface area contributed by atoms with Crippen LogP contribution in [0.25, 0.3) is 0 Å². The average molecular weight is 360 g/mol. The van der Waals surface area contributed by atoms with Gasteiger partial charge in [0.25, 0.3) is 5.91 Å². The largest absolute Gasteiger partial charge is 0.506 e. The Balaban J connectivity index is 1.50. The highest BCUT2D eigenvalue weighted by Gasteiger charge is 2.23. The minimum Gasteiger partial charge on any atom is -0.506 e. The predicted octanol–water partition coefficient (Wildman–Crippen LogP) is 3.01. The molecule has 6 heteroatoms. The number of nitrogens with two attached hydrogens (primary N) is 1. The molecule has 2 aromatic carbocycles. The maximum atomic E-state index is 12.7. The number of benzene rings is 2. The number of amides is 1. The Labute approximate surface area is 157 Å². The first kappa shape index (κ1) is 16.9. The fraction of sp³-hybridized carbons (Fsp3) is 0.143. The molecule has 6 nitrogen and oxygen atoms in total. The Morgan fingerprint density at radius 3 is 2.41 bits per heavy atom. The van der Waals surface area contributed by atoms with Gasteiger partial charge in [0.1, 0.15) is 17.3 Å². The van der Waals surface area contributed by atoms with Gasteiger partial charge in [0.05, 0.1) is 5.69 Å². The van der Waals surface area contributed by atoms with E-state index in [-0.39, 0.29) is 29.2 Å². The Kier molecular flexibility index (Phi) is 4.38. The molecule has 136 valence electrons. The van der Waals surface area contributed by atoms with Crippen LogP contribution in [-0.2, 0) is 12.8 Å². The van der Waals surface area contributed by atoms with Crippen molar-refractivity contribution < 1.29 is 9.90 Å². The highest BCUT2D eigenvalue weighted by Crippen LogP contribution is 2.27. The summed E-state index contributed by atoms with van der Waals surface area (Å²) in [5.74, 6) is 0.0818. The van der Waals surface area contributed by atoms with Crippen molar-refractivity contribution >= 4 is 23.1 Å². The van der Waals surface area contributed by atoms with E-state index in [0.29, 0.717) is 11.4 Å². The van der Waals surface area contributed by atoms with Crippen LogP contribution in [0.4, 0.5) is 17.2 Å². The zero-order valence-electron chi connectivity index (χ0n) is 14.6.